The Hall–Kier alpha value is -3.97. The van der Waals surface area contributed by atoms with Crippen molar-refractivity contribution in [3.63, 3.8) is 0 Å². The van der Waals surface area contributed by atoms with E-state index < -0.39 is 25.0 Å². The van der Waals surface area contributed by atoms with Crippen LogP contribution in [0.5, 0.6) is 5.75 Å². The summed E-state index contributed by atoms with van der Waals surface area (Å²) in [7, 11) is 0. The number of fused-ring (bicyclic) bond motifs is 3. The molecule has 0 amide bonds. The molecule has 1 aliphatic heterocycles. The van der Waals surface area contributed by atoms with Crippen LogP contribution in [0, 0.1) is 0 Å². The van der Waals surface area contributed by atoms with Crippen molar-refractivity contribution < 1.29 is 29.0 Å². The van der Waals surface area contributed by atoms with E-state index in [4.69, 9.17) is 9.84 Å². The van der Waals surface area contributed by atoms with Gasteiger partial charge in [0.1, 0.15) is 24.8 Å². The number of aliphatic hydroxyl groups is 1. The van der Waals surface area contributed by atoms with Crippen LogP contribution in [0.1, 0.15) is 6.42 Å². The molecule has 34 heavy (non-hydrogen) atoms. The number of hydroxylamine groups is 1. The molecule has 2 atom stereocenters. The summed E-state index contributed by atoms with van der Waals surface area (Å²) < 4.78 is 19.8. The fourth-order valence-corrected chi connectivity index (χ4v) is 4.13. The van der Waals surface area contributed by atoms with E-state index in [1.54, 1.807) is 23.1 Å². The van der Waals surface area contributed by atoms with E-state index in [-0.39, 0.29) is 13.2 Å². The van der Waals surface area contributed by atoms with Gasteiger partial charge < -0.3 is 24.7 Å². The van der Waals surface area contributed by atoms with Crippen molar-refractivity contribution in [2.24, 2.45) is 0 Å². The third kappa shape index (κ3) is 4.18. The molecular weight excluding hydrogens is 449 g/mol. The summed E-state index contributed by atoms with van der Waals surface area (Å²) in [5.74, 6) is 1.15. The monoisotopic (exact) mass is 471 g/mol. The molecule has 5 rings (SSSR count). The quantitative estimate of drug-likeness (QED) is 0.294. The van der Waals surface area contributed by atoms with Gasteiger partial charge in [-0.2, -0.15) is 5.10 Å². The largest absolute Gasteiger partial charge is 0.525 e. The van der Waals surface area contributed by atoms with Gasteiger partial charge in [0, 0.05) is 30.4 Å². The van der Waals surface area contributed by atoms with Crippen molar-refractivity contribution in [2.45, 2.75) is 18.6 Å². The Kier molecular flexibility index (Phi) is 5.86. The topological polar surface area (TPSA) is 150 Å². The number of anilines is 1. The highest BCUT2D eigenvalue weighted by atomic mass is 19.1. The molecule has 4 N–H and O–H groups in total. The van der Waals surface area contributed by atoms with Crippen LogP contribution in [0.3, 0.4) is 0 Å². The number of ether oxygens (including phenoxy) is 1. The summed E-state index contributed by atoms with van der Waals surface area (Å²) in [6, 6.07) is 5.07. The van der Waals surface area contributed by atoms with E-state index in [1.165, 1.54) is 0 Å². The van der Waals surface area contributed by atoms with Crippen molar-refractivity contribution in [1.29, 1.82) is 0 Å². The van der Waals surface area contributed by atoms with E-state index in [0.29, 0.717) is 30.2 Å². The number of nitrogens with zero attached hydrogens (tertiary/aromatic N) is 5. The summed E-state index contributed by atoms with van der Waals surface area (Å²) in [6.45, 7) is 0.155. The standard InChI is InChI=1S/C21H22FN7O5/c22-4-6-33-13-7-14(19-15-9-24-25-20(15)26-29(19)10-13)12-1-2-18(23-8-12)28-5-3-16(17(30)11-28)27-34-21(31)32/h1-2,7-10,16-17,27,30H,3-6,11H2,(H,25,26)(H,31,32)/t16-,17-/m0/s1. The summed E-state index contributed by atoms with van der Waals surface area (Å²) in [6.07, 6.45) is 3.29. The molecule has 1 fully saturated rings. The number of carbonyl (C=O) groups is 1. The van der Waals surface area contributed by atoms with Crippen molar-refractivity contribution in [3.05, 3.63) is 36.8 Å². The first-order valence-corrected chi connectivity index (χ1v) is 10.6. The zero-order valence-corrected chi connectivity index (χ0v) is 17.9. The Bertz CT molecular complexity index is 1310. The maximum atomic E-state index is 12.7. The summed E-state index contributed by atoms with van der Waals surface area (Å²) in [5.41, 5.74) is 5.40. The molecule has 1 aliphatic rings. The summed E-state index contributed by atoms with van der Waals surface area (Å²) >= 11 is 0. The molecule has 13 heteroatoms. The minimum absolute atomic E-state index is 0.0620. The molecule has 12 nitrogen and oxygen atoms in total. The lowest BCUT2D eigenvalue weighted by Gasteiger charge is -2.36. The van der Waals surface area contributed by atoms with Crippen LogP contribution in [-0.2, 0) is 4.84 Å². The van der Waals surface area contributed by atoms with E-state index in [1.807, 2.05) is 23.1 Å². The van der Waals surface area contributed by atoms with Crippen LogP contribution < -0.4 is 15.1 Å². The third-order valence-corrected chi connectivity index (χ3v) is 5.71. The molecule has 0 aromatic carbocycles. The van der Waals surface area contributed by atoms with Crippen LogP contribution in [0.25, 0.3) is 27.7 Å². The molecule has 5 heterocycles. The normalized spacial score (nSPS) is 18.5. The predicted molar refractivity (Wildman–Crippen MR) is 118 cm³/mol. The zero-order chi connectivity index (χ0) is 23.7. The Morgan fingerprint density at radius 3 is 2.97 bits per heavy atom. The second kappa shape index (κ2) is 9.11. The Labute approximate surface area is 191 Å². The van der Waals surface area contributed by atoms with Gasteiger partial charge >= 0.3 is 6.16 Å². The lowest BCUT2D eigenvalue weighted by Crippen LogP contribution is -2.53. The predicted octanol–water partition coefficient (Wildman–Crippen LogP) is 1.76. The van der Waals surface area contributed by atoms with Gasteiger partial charge in [0.15, 0.2) is 5.65 Å². The number of rotatable bonds is 7. The van der Waals surface area contributed by atoms with Gasteiger partial charge in [-0.05, 0) is 24.6 Å². The average molecular weight is 471 g/mol. The van der Waals surface area contributed by atoms with Crippen LogP contribution in [0.4, 0.5) is 15.0 Å². The van der Waals surface area contributed by atoms with Crippen LogP contribution in [0.2, 0.25) is 0 Å². The van der Waals surface area contributed by atoms with Gasteiger partial charge in [0.2, 0.25) is 0 Å². The number of nitrogens with one attached hydrogen (secondary N) is 2. The molecule has 0 radical (unpaired) electrons. The van der Waals surface area contributed by atoms with Crippen LogP contribution >= 0.6 is 0 Å². The van der Waals surface area contributed by atoms with E-state index in [9.17, 15) is 14.3 Å². The number of aliphatic hydroxyl groups excluding tert-OH is 1. The maximum absolute atomic E-state index is 12.7. The van der Waals surface area contributed by atoms with Crippen LogP contribution in [0.15, 0.2) is 36.8 Å². The highest BCUT2D eigenvalue weighted by molar-refractivity contribution is 6.00. The number of halogens is 1. The molecule has 0 saturated carbocycles. The number of hydrogen-bond acceptors (Lipinski definition) is 9. The van der Waals surface area contributed by atoms with Gasteiger partial charge in [-0.25, -0.2) is 18.7 Å². The highest BCUT2D eigenvalue weighted by Crippen LogP contribution is 2.33. The lowest BCUT2D eigenvalue weighted by molar-refractivity contribution is -0.00987. The molecule has 0 unspecified atom stereocenters. The van der Waals surface area contributed by atoms with Crippen molar-refractivity contribution in [3.8, 4) is 16.9 Å². The van der Waals surface area contributed by atoms with Gasteiger partial charge in [0.25, 0.3) is 0 Å². The average Bonchev–Trinajstić information content (AvgIpc) is 3.42. The first-order valence-electron chi connectivity index (χ1n) is 10.6. The molecule has 4 aromatic heterocycles. The first-order chi connectivity index (χ1) is 16.5. The van der Waals surface area contributed by atoms with Crippen molar-refractivity contribution >= 4 is 28.5 Å². The smallest absolute Gasteiger partial charge is 0.489 e. The number of β-amino-alcohol motifs (C(OH)–C–C–N with tert-alkyl or cyclic N) is 1. The number of carboxylic acid groups (broad SMARTS) is 1. The molecule has 178 valence electrons. The summed E-state index contributed by atoms with van der Waals surface area (Å²) in [5, 5.41) is 31.2. The van der Waals surface area contributed by atoms with Crippen molar-refractivity contribution in [2.75, 3.05) is 31.3 Å². The number of H-pyrrole nitrogens is 1. The molecule has 0 spiro atoms. The minimum atomic E-state index is -1.45. The first kappa shape index (κ1) is 21.9. The van der Waals surface area contributed by atoms with Gasteiger partial charge in [0.05, 0.1) is 35.4 Å². The van der Waals surface area contributed by atoms with Crippen molar-refractivity contribution in [1.82, 2.24) is 30.3 Å². The molecule has 0 bridgehead atoms. The zero-order valence-electron chi connectivity index (χ0n) is 17.9. The Morgan fingerprint density at radius 1 is 1.35 bits per heavy atom. The number of piperidine rings is 1. The SMILES string of the molecule is O=C(O)ON[C@H]1CCN(c2ccc(-c3cc(OCCF)cn4nc5[nH]ncc5c34)cn2)C[C@@H]1O. The number of aromatic nitrogens is 5. The maximum Gasteiger partial charge on any atom is 0.525 e. The lowest BCUT2D eigenvalue weighted by atomic mass is 10.0. The van der Waals surface area contributed by atoms with E-state index in [0.717, 1.165) is 22.0 Å². The van der Waals surface area contributed by atoms with Crippen LogP contribution in [-0.4, -0.2) is 79.7 Å². The second-order valence-electron chi connectivity index (χ2n) is 7.85. The highest BCUT2D eigenvalue weighted by Gasteiger charge is 2.29. The Morgan fingerprint density at radius 2 is 2.24 bits per heavy atom. The minimum Gasteiger partial charge on any atom is -0.489 e. The second-order valence-corrected chi connectivity index (χ2v) is 7.85. The fourth-order valence-electron chi connectivity index (χ4n) is 4.13. The Balaban J connectivity index is 1.41. The molecule has 1 saturated heterocycles. The third-order valence-electron chi connectivity index (χ3n) is 5.71. The number of pyridine rings is 2. The van der Waals surface area contributed by atoms with Gasteiger partial charge in [-0.1, -0.05) is 0 Å². The summed E-state index contributed by atoms with van der Waals surface area (Å²) in [4.78, 5) is 21.4. The van der Waals surface area contributed by atoms with Gasteiger partial charge in [-0.15, -0.1) is 10.6 Å². The number of aromatic amines is 1. The number of alkyl halides is 1. The molecule has 4 aromatic rings. The molecule has 0 aliphatic carbocycles. The molecular formula is C21H22FN7O5. The fraction of sp³-hybridized carbons (Fsp3) is 0.333. The van der Waals surface area contributed by atoms with E-state index >= 15 is 0 Å². The number of hydrogen-bond donors (Lipinski definition) is 4. The van der Waals surface area contributed by atoms with Gasteiger partial charge in [-0.3, -0.25) is 5.10 Å². The van der Waals surface area contributed by atoms with E-state index in [2.05, 4.69) is 30.6 Å².